The Labute approximate surface area is 133 Å². The highest BCUT2D eigenvalue weighted by atomic mass is 35.5. The second-order valence-corrected chi connectivity index (χ2v) is 5.38. The van der Waals surface area contributed by atoms with Crippen molar-refractivity contribution in [2.75, 3.05) is 13.7 Å². The molecule has 3 N–H and O–H groups in total. The number of nitrogens with two attached hydrogens (primary N) is 1. The number of rotatable bonds is 8. The van der Waals surface area contributed by atoms with Gasteiger partial charge in [0.1, 0.15) is 5.75 Å². The number of nitrogens with one attached hydrogen (secondary N) is 1. The van der Waals surface area contributed by atoms with Crippen molar-refractivity contribution in [1.82, 2.24) is 5.32 Å². The second kappa shape index (κ2) is 10.5. The predicted molar refractivity (Wildman–Crippen MR) is 88.9 cm³/mol. The van der Waals surface area contributed by atoms with Gasteiger partial charge in [0, 0.05) is 12.0 Å². The van der Waals surface area contributed by atoms with Crippen LogP contribution in [0.2, 0.25) is 0 Å². The fourth-order valence-electron chi connectivity index (χ4n) is 2.22. The molecule has 21 heavy (non-hydrogen) atoms. The van der Waals surface area contributed by atoms with Crippen LogP contribution in [-0.4, -0.2) is 19.6 Å². The summed E-state index contributed by atoms with van der Waals surface area (Å²) in [6.07, 6.45) is 2.07. The topological polar surface area (TPSA) is 64.3 Å². The summed E-state index contributed by atoms with van der Waals surface area (Å²) in [6.45, 7) is 4.83. The summed E-state index contributed by atoms with van der Waals surface area (Å²) >= 11 is 0. The number of methoxy groups -OCH3 is 1. The van der Waals surface area contributed by atoms with Gasteiger partial charge in [-0.15, -0.1) is 12.4 Å². The van der Waals surface area contributed by atoms with E-state index in [1.807, 2.05) is 24.3 Å². The number of hydrogen-bond acceptors (Lipinski definition) is 3. The number of carbonyl (C=O) groups excluding carboxylic acids is 1. The summed E-state index contributed by atoms with van der Waals surface area (Å²) in [6, 6.07) is 7.82. The molecule has 1 unspecified atom stereocenters. The van der Waals surface area contributed by atoms with Gasteiger partial charge in [0.05, 0.1) is 13.2 Å². The number of amides is 1. The van der Waals surface area contributed by atoms with E-state index in [1.165, 1.54) is 0 Å². The lowest BCUT2D eigenvalue weighted by Gasteiger charge is -2.23. The molecule has 0 fully saturated rings. The SMILES string of the molecule is COc1ccccc1C(CC(C)C)NC(=O)CCCN.Cl. The molecule has 0 bridgehead atoms. The monoisotopic (exact) mass is 314 g/mol. The van der Waals surface area contributed by atoms with Crippen LogP contribution in [0.5, 0.6) is 5.75 Å². The van der Waals surface area contributed by atoms with Crippen molar-refractivity contribution in [3.8, 4) is 5.75 Å². The third-order valence-electron chi connectivity index (χ3n) is 3.16. The van der Waals surface area contributed by atoms with Gasteiger partial charge in [-0.3, -0.25) is 4.79 Å². The van der Waals surface area contributed by atoms with E-state index in [4.69, 9.17) is 10.5 Å². The Kier molecular flexibility index (Phi) is 9.84. The first-order chi connectivity index (χ1) is 9.58. The molecule has 0 spiro atoms. The second-order valence-electron chi connectivity index (χ2n) is 5.38. The van der Waals surface area contributed by atoms with Crippen molar-refractivity contribution < 1.29 is 9.53 Å². The average molecular weight is 315 g/mol. The van der Waals surface area contributed by atoms with E-state index in [9.17, 15) is 4.79 Å². The number of ether oxygens (including phenoxy) is 1. The quantitative estimate of drug-likeness (QED) is 0.775. The van der Waals surface area contributed by atoms with Crippen LogP contribution in [0.25, 0.3) is 0 Å². The van der Waals surface area contributed by atoms with Gasteiger partial charge in [-0.2, -0.15) is 0 Å². The van der Waals surface area contributed by atoms with Crippen LogP contribution in [0.15, 0.2) is 24.3 Å². The molecule has 1 aromatic carbocycles. The minimum atomic E-state index is -0.0172. The zero-order valence-corrected chi connectivity index (χ0v) is 13.9. The molecule has 1 rings (SSSR count). The maximum absolute atomic E-state index is 12.0. The van der Waals surface area contributed by atoms with Gasteiger partial charge in [0.2, 0.25) is 5.91 Å². The van der Waals surface area contributed by atoms with E-state index < -0.39 is 0 Å². The third-order valence-corrected chi connectivity index (χ3v) is 3.16. The van der Waals surface area contributed by atoms with E-state index in [0.717, 1.165) is 17.7 Å². The molecule has 5 heteroatoms. The summed E-state index contributed by atoms with van der Waals surface area (Å²) in [5, 5.41) is 3.10. The molecule has 0 saturated carbocycles. The molecule has 1 amide bonds. The summed E-state index contributed by atoms with van der Waals surface area (Å²) in [5.41, 5.74) is 6.48. The van der Waals surface area contributed by atoms with E-state index in [-0.39, 0.29) is 24.4 Å². The number of carbonyl (C=O) groups is 1. The Bertz CT molecular complexity index is 424. The first-order valence-corrected chi connectivity index (χ1v) is 7.20. The predicted octanol–water partition coefficient (Wildman–Crippen LogP) is 3.06. The van der Waals surface area contributed by atoms with Gasteiger partial charge in [-0.1, -0.05) is 32.0 Å². The lowest BCUT2D eigenvalue weighted by Crippen LogP contribution is -2.30. The fraction of sp³-hybridized carbons (Fsp3) is 0.562. The molecule has 0 heterocycles. The van der Waals surface area contributed by atoms with Crippen molar-refractivity contribution >= 4 is 18.3 Å². The van der Waals surface area contributed by atoms with Gasteiger partial charge < -0.3 is 15.8 Å². The molecule has 1 aromatic rings. The van der Waals surface area contributed by atoms with Crippen LogP contribution in [0.4, 0.5) is 0 Å². The van der Waals surface area contributed by atoms with Crippen molar-refractivity contribution in [3.63, 3.8) is 0 Å². The highest BCUT2D eigenvalue weighted by molar-refractivity contribution is 5.85. The molecule has 1 atom stereocenters. The zero-order valence-electron chi connectivity index (χ0n) is 13.1. The van der Waals surface area contributed by atoms with Crippen LogP contribution in [0.3, 0.4) is 0 Å². The Hall–Kier alpha value is -1.26. The summed E-state index contributed by atoms with van der Waals surface area (Å²) in [7, 11) is 1.65. The Morgan fingerprint density at radius 2 is 2.00 bits per heavy atom. The molecule has 0 aromatic heterocycles. The minimum absolute atomic E-state index is 0. The highest BCUT2D eigenvalue weighted by Crippen LogP contribution is 2.29. The van der Waals surface area contributed by atoms with Gasteiger partial charge in [-0.25, -0.2) is 0 Å². The van der Waals surface area contributed by atoms with Crippen LogP contribution >= 0.6 is 12.4 Å². The first kappa shape index (κ1) is 19.7. The molecule has 120 valence electrons. The molecule has 0 aliphatic carbocycles. The van der Waals surface area contributed by atoms with E-state index in [0.29, 0.717) is 25.3 Å². The normalized spacial score (nSPS) is 11.7. The molecular formula is C16H27ClN2O2. The Morgan fingerprint density at radius 1 is 1.33 bits per heavy atom. The third kappa shape index (κ3) is 6.82. The fourth-order valence-corrected chi connectivity index (χ4v) is 2.22. The summed E-state index contributed by atoms with van der Waals surface area (Å²) < 4.78 is 5.40. The average Bonchev–Trinajstić information content (AvgIpc) is 2.43. The molecule has 0 saturated heterocycles. The van der Waals surface area contributed by atoms with Crippen LogP contribution in [0.1, 0.15) is 44.7 Å². The van der Waals surface area contributed by atoms with E-state index >= 15 is 0 Å². The molecule has 4 nitrogen and oxygen atoms in total. The zero-order chi connectivity index (χ0) is 15.0. The minimum Gasteiger partial charge on any atom is -0.496 e. The Morgan fingerprint density at radius 3 is 2.57 bits per heavy atom. The van der Waals surface area contributed by atoms with Gasteiger partial charge >= 0.3 is 0 Å². The van der Waals surface area contributed by atoms with E-state index in [2.05, 4.69) is 19.2 Å². The molecule has 0 aliphatic heterocycles. The lowest BCUT2D eigenvalue weighted by molar-refractivity contribution is -0.122. The molecular weight excluding hydrogens is 288 g/mol. The van der Waals surface area contributed by atoms with Crippen molar-refractivity contribution in [1.29, 1.82) is 0 Å². The maximum atomic E-state index is 12.0. The van der Waals surface area contributed by atoms with Crippen molar-refractivity contribution in [2.24, 2.45) is 11.7 Å². The number of hydrogen-bond donors (Lipinski definition) is 2. The van der Waals surface area contributed by atoms with Gasteiger partial charge in [0.25, 0.3) is 0 Å². The van der Waals surface area contributed by atoms with Crippen LogP contribution in [-0.2, 0) is 4.79 Å². The highest BCUT2D eigenvalue weighted by Gasteiger charge is 2.19. The Balaban J connectivity index is 0.00000400. The first-order valence-electron chi connectivity index (χ1n) is 7.20. The number of halogens is 1. The standard InChI is InChI=1S/C16H26N2O2.ClH/c1-12(2)11-14(18-16(19)9-6-10-17)13-7-4-5-8-15(13)20-3;/h4-5,7-8,12,14H,6,9-11,17H2,1-3H3,(H,18,19);1H. The number of benzene rings is 1. The van der Waals surface area contributed by atoms with Gasteiger partial charge in [-0.05, 0) is 31.4 Å². The van der Waals surface area contributed by atoms with Crippen molar-refractivity contribution in [3.05, 3.63) is 29.8 Å². The smallest absolute Gasteiger partial charge is 0.220 e. The molecule has 0 radical (unpaired) electrons. The van der Waals surface area contributed by atoms with Crippen molar-refractivity contribution in [2.45, 2.75) is 39.2 Å². The largest absolute Gasteiger partial charge is 0.496 e. The van der Waals surface area contributed by atoms with Gasteiger partial charge in [0.15, 0.2) is 0 Å². The molecule has 0 aliphatic rings. The maximum Gasteiger partial charge on any atom is 0.220 e. The van der Waals surface area contributed by atoms with Crippen LogP contribution in [0, 0.1) is 5.92 Å². The summed E-state index contributed by atoms with van der Waals surface area (Å²) in [5.74, 6) is 1.35. The lowest BCUT2D eigenvalue weighted by atomic mass is 9.96. The van der Waals surface area contributed by atoms with E-state index in [1.54, 1.807) is 7.11 Å². The van der Waals surface area contributed by atoms with Crippen LogP contribution < -0.4 is 15.8 Å². The summed E-state index contributed by atoms with van der Waals surface area (Å²) in [4.78, 5) is 12.0. The number of para-hydroxylation sites is 1.